The summed E-state index contributed by atoms with van der Waals surface area (Å²) in [6.07, 6.45) is 5.46. The van der Waals surface area contributed by atoms with Crippen molar-refractivity contribution in [2.24, 2.45) is 0 Å². The summed E-state index contributed by atoms with van der Waals surface area (Å²) in [5, 5.41) is 3.39. The Morgan fingerprint density at radius 1 is 1.36 bits per heavy atom. The molecule has 2 heteroatoms. The van der Waals surface area contributed by atoms with Crippen molar-refractivity contribution in [3.8, 4) is 5.75 Å². The van der Waals surface area contributed by atoms with Crippen molar-refractivity contribution in [2.75, 3.05) is 13.7 Å². The van der Waals surface area contributed by atoms with E-state index in [1.54, 1.807) is 7.11 Å². The average molecular weight is 189 g/mol. The standard InChI is InChI=1S/C12H15NO/c1-14-12-6-4-10(5-7-12)9-11-3-2-8-13-11/h2-7,11,13H,8-9H2,1H3/t11-/m1/s1. The molecule has 1 heterocycles. The third-order valence-corrected chi connectivity index (χ3v) is 2.48. The van der Waals surface area contributed by atoms with Gasteiger partial charge < -0.3 is 10.1 Å². The lowest BCUT2D eigenvalue weighted by atomic mass is 10.1. The first kappa shape index (κ1) is 9.28. The topological polar surface area (TPSA) is 21.3 Å². The van der Waals surface area contributed by atoms with Crippen LogP contribution in [0.2, 0.25) is 0 Å². The quantitative estimate of drug-likeness (QED) is 0.732. The van der Waals surface area contributed by atoms with Crippen LogP contribution in [0.15, 0.2) is 36.4 Å². The molecule has 0 radical (unpaired) electrons. The van der Waals surface area contributed by atoms with Gasteiger partial charge in [0, 0.05) is 12.6 Å². The van der Waals surface area contributed by atoms with E-state index in [4.69, 9.17) is 4.74 Å². The third kappa shape index (κ3) is 2.15. The lowest BCUT2D eigenvalue weighted by Gasteiger charge is -2.09. The van der Waals surface area contributed by atoms with Crippen LogP contribution >= 0.6 is 0 Å². The number of ether oxygens (including phenoxy) is 1. The zero-order chi connectivity index (χ0) is 9.80. The van der Waals surface area contributed by atoms with Crippen LogP contribution in [0, 0.1) is 0 Å². The molecule has 74 valence electrons. The average Bonchev–Trinajstić information content (AvgIpc) is 2.72. The number of nitrogens with one attached hydrogen (secondary N) is 1. The predicted molar refractivity (Wildman–Crippen MR) is 57.6 cm³/mol. The van der Waals surface area contributed by atoms with Crippen molar-refractivity contribution in [1.29, 1.82) is 0 Å². The molecule has 1 aromatic rings. The van der Waals surface area contributed by atoms with Crippen LogP contribution in [0.1, 0.15) is 5.56 Å². The van der Waals surface area contributed by atoms with Crippen molar-refractivity contribution in [3.05, 3.63) is 42.0 Å². The van der Waals surface area contributed by atoms with Gasteiger partial charge in [-0.3, -0.25) is 0 Å². The molecule has 0 unspecified atom stereocenters. The summed E-state index contributed by atoms with van der Waals surface area (Å²) in [5.41, 5.74) is 1.34. The van der Waals surface area contributed by atoms with Gasteiger partial charge in [-0.1, -0.05) is 24.3 Å². The SMILES string of the molecule is COc1ccc(C[C@H]2C=CCN2)cc1. The van der Waals surface area contributed by atoms with E-state index in [1.807, 2.05) is 12.1 Å². The van der Waals surface area contributed by atoms with Crippen molar-refractivity contribution in [1.82, 2.24) is 5.32 Å². The van der Waals surface area contributed by atoms with E-state index in [0.29, 0.717) is 6.04 Å². The zero-order valence-electron chi connectivity index (χ0n) is 8.36. The molecule has 0 aliphatic carbocycles. The van der Waals surface area contributed by atoms with Gasteiger partial charge in [-0.15, -0.1) is 0 Å². The first-order chi connectivity index (χ1) is 6.88. The number of benzene rings is 1. The molecule has 0 bridgehead atoms. The van der Waals surface area contributed by atoms with Crippen LogP contribution in [-0.2, 0) is 6.42 Å². The Bertz CT molecular complexity index is 316. The van der Waals surface area contributed by atoms with Gasteiger partial charge in [-0.25, -0.2) is 0 Å². The van der Waals surface area contributed by atoms with E-state index >= 15 is 0 Å². The molecule has 2 nitrogen and oxygen atoms in total. The first-order valence-corrected chi connectivity index (χ1v) is 4.91. The van der Waals surface area contributed by atoms with Crippen molar-refractivity contribution in [2.45, 2.75) is 12.5 Å². The van der Waals surface area contributed by atoms with Gasteiger partial charge in [0.1, 0.15) is 5.75 Å². The Labute approximate surface area is 84.6 Å². The second-order valence-electron chi connectivity index (χ2n) is 3.50. The molecule has 0 saturated heterocycles. The zero-order valence-corrected chi connectivity index (χ0v) is 8.36. The number of methoxy groups -OCH3 is 1. The lowest BCUT2D eigenvalue weighted by molar-refractivity contribution is 0.414. The summed E-state index contributed by atoms with van der Waals surface area (Å²) in [5.74, 6) is 0.920. The summed E-state index contributed by atoms with van der Waals surface area (Å²) in [6, 6.07) is 8.75. The monoisotopic (exact) mass is 189 g/mol. The summed E-state index contributed by atoms with van der Waals surface area (Å²) in [7, 11) is 1.69. The van der Waals surface area contributed by atoms with E-state index in [9.17, 15) is 0 Å². The van der Waals surface area contributed by atoms with Gasteiger partial charge >= 0.3 is 0 Å². The summed E-state index contributed by atoms with van der Waals surface area (Å²) in [6.45, 7) is 1.00. The Kier molecular flexibility index (Phi) is 2.84. The molecule has 0 amide bonds. The summed E-state index contributed by atoms with van der Waals surface area (Å²) >= 11 is 0. The van der Waals surface area contributed by atoms with Crippen LogP contribution < -0.4 is 10.1 Å². The maximum absolute atomic E-state index is 5.11. The molecular formula is C12H15NO. The maximum atomic E-state index is 5.11. The minimum atomic E-state index is 0.503. The Hall–Kier alpha value is -1.28. The minimum absolute atomic E-state index is 0.503. The fraction of sp³-hybridized carbons (Fsp3) is 0.333. The van der Waals surface area contributed by atoms with Crippen LogP contribution in [0.25, 0.3) is 0 Å². The predicted octanol–water partition coefficient (Wildman–Crippen LogP) is 1.77. The van der Waals surface area contributed by atoms with Gasteiger partial charge in [0.15, 0.2) is 0 Å². The molecule has 1 N–H and O–H groups in total. The molecule has 0 aromatic heterocycles. The highest BCUT2D eigenvalue weighted by molar-refractivity contribution is 5.28. The van der Waals surface area contributed by atoms with Crippen molar-refractivity contribution >= 4 is 0 Å². The molecular weight excluding hydrogens is 174 g/mol. The minimum Gasteiger partial charge on any atom is -0.497 e. The van der Waals surface area contributed by atoms with Gasteiger partial charge in [-0.2, -0.15) is 0 Å². The Balaban J connectivity index is 1.99. The molecule has 14 heavy (non-hydrogen) atoms. The van der Waals surface area contributed by atoms with E-state index in [-0.39, 0.29) is 0 Å². The summed E-state index contributed by atoms with van der Waals surface area (Å²) in [4.78, 5) is 0. The second kappa shape index (κ2) is 4.29. The number of hydrogen-bond acceptors (Lipinski definition) is 2. The fourth-order valence-electron chi connectivity index (χ4n) is 1.68. The van der Waals surface area contributed by atoms with E-state index < -0.39 is 0 Å². The fourth-order valence-corrected chi connectivity index (χ4v) is 1.68. The molecule has 0 saturated carbocycles. The van der Waals surface area contributed by atoms with E-state index in [0.717, 1.165) is 18.7 Å². The smallest absolute Gasteiger partial charge is 0.118 e. The number of hydrogen-bond donors (Lipinski definition) is 1. The highest BCUT2D eigenvalue weighted by Crippen LogP contribution is 2.13. The third-order valence-electron chi connectivity index (χ3n) is 2.48. The first-order valence-electron chi connectivity index (χ1n) is 4.91. The largest absolute Gasteiger partial charge is 0.497 e. The molecule has 1 aromatic carbocycles. The molecule has 2 rings (SSSR count). The highest BCUT2D eigenvalue weighted by atomic mass is 16.5. The molecule has 0 fully saturated rings. The Morgan fingerprint density at radius 3 is 2.71 bits per heavy atom. The van der Waals surface area contributed by atoms with Crippen LogP contribution in [0.4, 0.5) is 0 Å². The second-order valence-corrected chi connectivity index (χ2v) is 3.50. The van der Waals surface area contributed by atoms with Crippen LogP contribution in [0.5, 0.6) is 5.75 Å². The molecule has 1 atom stereocenters. The number of rotatable bonds is 3. The van der Waals surface area contributed by atoms with Crippen molar-refractivity contribution in [3.63, 3.8) is 0 Å². The maximum Gasteiger partial charge on any atom is 0.118 e. The van der Waals surface area contributed by atoms with Gasteiger partial charge in [0.05, 0.1) is 7.11 Å². The van der Waals surface area contributed by atoms with Crippen LogP contribution in [-0.4, -0.2) is 19.7 Å². The lowest BCUT2D eigenvalue weighted by Crippen LogP contribution is -2.24. The molecule has 0 spiro atoms. The van der Waals surface area contributed by atoms with E-state index in [1.165, 1.54) is 5.56 Å². The van der Waals surface area contributed by atoms with Crippen molar-refractivity contribution < 1.29 is 4.74 Å². The molecule has 1 aliphatic rings. The van der Waals surface area contributed by atoms with Gasteiger partial charge in [-0.05, 0) is 24.1 Å². The van der Waals surface area contributed by atoms with Crippen LogP contribution in [0.3, 0.4) is 0 Å². The summed E-state index contributed by atoms with van der Waals surface area (Å²) < 4.78 is 5.11. The Morgan fingerprint density at radius 2 is 2.14 bits per heavy atom. The van der Waals surface area contributed by atoms with Gasteiger partial charge in [0.25, 0.3) is 0 Å². The molecule has 1 aliphatic heterocycles. The normalized spacial score (nSPS) is 19.9. The van der Waals surface area contributed by atoms with Gasteiger partial charge in [0.2, 0.25) is 0 Å². The van der Waals surface area contributed by atoms with E-state index in [2.05, 4.69) is 29.6 Å². The highest BCUT2D eigenvalue weighted by Gasteiger charge is 2.08.